The summed E-state index contributed by atoms with van der Waals surface area (Å²) < 4.78 is 11.5. The number of hydrogen-bond acceptors (Lipinski definition) is 6. The molecule has 1 fully saturated rings. The van der Waals surface area contributed by atoms with Gasteiger partial charge in [0.2, 0.25) is 0 Å². The first kappa shape index (κ1) is 18.8. The van der Waals surface area contributed by atoms with Gasteiger partial charge in [-0.1, -0.05) is 11.6 Å². The number of nitrogens with zero attached hydrogens (tertiary/aromatic N) is 4. The highest BCUT2D eigenvalue weighted by Crippen LogP contribution is 2.35. The summed E-state index contributed by atoms with van der Waals surface area (Å²) in [6, 6.07) is 5.55. The van der Waals surface area contributed by atoms with Gasteiger partial charge in [-0.2, -0.15) is 0 Å². The Kier molecular flexibility index (Phi) is 4.57. The van der Waals surface area contributed by atoms with Gasteiger partial charge in [0.05, 0.1) is 6.04 Å². The summed E-state index contributed by atoms with van der Waals surface area (Å²) in [7, 11) is 0. The van der Waals surface area contributed by atoms with Crippen LogP contribution in [0, 0.1) is 0 Å². The zero-order chi connectivity index (χ0) is 20.1. The van der Waals surface area contributed by atoms with Crippen molar-refractivity contribution in [2.75, 3.05) is 24.5 Å². The summed E-state index contributed by atoms with van der Waals surface area (Å²) in [5, 5.41) is 1.50. The molecule has 1 aromatic carbocycles. The van der Waals surface area contributed by atoms with E-state index in [9.17, 15) is 4.79 Å². The number of anilines is 1. The Hall–Kier alpha value is -2.54. The number of benzene rings is 1. The Bertz CT molecular complexity index is 1040. The topological polar surface area (TPSA) is 71.7 Å². The second-order valence-corrected chi connectivity index (χ2v) is 8.38. The van der Waals surface area contributed by atoms with Gasteiger partial charge in [0.1, 0.15) is 23.0 Å². The molecule has 0 N–H and O–H groups in total. The van der Waals surface area contributed by atoms with E-state index in [0.29, 0.717) is 30.2 Å². The SMILES string of the molecule is CCN(C(=O)OC(C)(C)C)C1CN(c2ncnc3c2oc2ccc(Cl)cc23)C1. The molecule has 3 aromatic rings. The largest absolute Gasteiger partial charge is 0.450 e. The van der Waals surface area contributed by atoms with E-state index in [1.807, 2.05) is 39.8 Å². The first-order valence-corrected chi connectivity index (χ1v) is 9.72. The number of likely N-dealkylation sites (N-methyl/N-ethyl adjacent to an activating group) is 1. The van der Waals surface area contributed by atoms with Crippen LogP contribution in [-0.4, -0.2) is 52.2 Å². The molecular formula is C20H23ClN4O3. The number of aromatic nitrogens is 2. The first-order chi connectivity index (χ1) is 13.3. The third kappa shape index (κ3) is 3.35. The minimum Gasteiger partial charge on any atom is -0.450 e. The van der Waals surface area contributed by atoms with Crippen LogP contribution in [0.2, 0.25) is 5.02 Å². The van der Waals surface area contributed by atoms with Crippen molar-refractivity contribution in [1.82, 2.24) is 14.9 Å². The lowest BCUT2D eigenvalue weighted by atomic mass is 10.1. The van der Waals surface area contributed by atoms with Crippen molar-refractivity contribution in [3.05, 3.63) is 29.5 Å². The summed E-state index contributed by atoms with van der Waals surface area (Å²) in [4.78, 5) is 25.1. The maximum Gasteiger partial charge on any atom is 0.410 e. The number of carbonyl (C=O) groups is 1. The minimum absolute atomic E-state index is 0.0729. The minimum atomic E-state index is -0.512. The normalized spacial score (nSPS) is 15.1. The molecule has 0 aliphatic carbocycles. The first-order valence-electron chi connectivity index (χ1n) is 9.34. The van der Waals surface area contributed by atoms with E-state index >= 15 is 0 Å². The summed E-state index contributed by atoms with van der Waals surface area (Å²) in [5.74, 6) is 0.730. The van der Waals surface area contributed by atoms with Crippen LogP contribution in [0.4, 0.5) is 10.6 Å². The van der Waals surface area contributed by atoms with Crippen LogP contribution >= 0.6 is 11.6 Å². The Morgan fingerprint density at radius 1 is 1.36 bits per heavy atom. The Balaban J connectivity index is 1.56. The van der Waals surface area contributed by atoms with Crippen molar-refractivity contribution in [3.63, 3.8) is 0 Å². The third-order valence-electron chi connectivity index (χ3n) is 4.77. The molecule has 0 bridgehead atoms. The summed E-state index contributed by atoms with van der Waals surface area (Å²) in [6.07, 6.45) is 1.25. The number of carbonyl (C=O) groups excluding carboxylic acids is 1. The molecule has 1 aliphatic rings. The van der Waals surface area contributed by atoms with Crippen LogP contribution in [-0.2, 0) is 4.74 Å². The summed E-state index contributed by atoms with van der Waals surface area (Å²) in [6.45, 7) is 9.49. The third-order valence-corrected chi connectivity index (χ3v) is 5.00. The average molecular weight is 403 g/mol. The van der Waals surface area contributed by atoms with Crippen molar-refractivity contribution in [2.45, 2.75) is 39.3 Å². The molecule has 7 nitrogen and oxygen atoms in total. The molecule has 148 valence electrons. The maximum absolute atomic E-state index is 12.5. The van der Waals surface area contributed by atoms with Crippen LogP contribution in [0.3, 0.4) is 0 Å². The lowest BCUT2D eigenvalue weighted by Gasteiger charge is -2.45. The zero-order valence-corrected chi connectivity index (χ0v) is 17.2. The van der Waals surface area contributed by atoms with E-state index in [-0.39, 0.29) is 12.1 Å². The number of ether oxygens (including phenoxy) is 1. The smallest absolute Gasteiger partial charge is 0.410 e. The fourth-order valence-corrected chi connectivity index (χ4v) is 3.62. The van der Waals surface area contributed by atoms with E-state index in [2.05, 4.69) is 14.9 Å². The van der Waals surface area contributed by atoms with Crippen molar-refractivity contribution < 1.29 is 13.9 Å². The van der Waals surface area contributed by atoms with Crippen molar-refractivity contribution in [2.24, 2.45) is 0 Å². The van der Waals surface area contributed by atoms with E-state index in [1.165, 1.54) is 6.33 Å². The number of hydrogen-bond donors (Lipinski definition) is 0. The number of rotatable bonds is 3. The molecule has 3 heterocycles. The quantitative estimate of drug-likeness (QED) is 0.643. The second kappa shape index (κ2) is 6.81. The van der Waals surface area contributed by atoms with E-state index in [4.69, 9.17) is 20.8 Å². The van der Waals surface area contributed by atoms with Gasteiger partial charge >= 0.3 is 6.09 Å². The fraction of sp³-hybridized carbons (Fsp3) is 0.450. The van der Waals surface area contributed by atoms with Crippen LogP contribution in [0.5, 0.6) is 0 Å². The molecule has 0 saturated carbocycles. The van der Waals surface area contributed by atoms with Gasteiger partial charge in [0.15, 0.2) is 11.4 Å². The van der Waals surface area contributed by atoms with Crippen molar-refractivity contribution in [1.29, 1.82) is 0 Å². The molecule has 0 unspecified atom stereocenters. The number of fused-ring (bicyclic) bond motifs is 3. The van der Waals surface area contributed by atoms with Crippen LogP contribution in [0.1, 0.15) is 27.7 Å². The highest BCUT2D eigenvalue weighted by atomic mass is 35.5. The van der Waals surface area contributed by atoms with Gasteiger partial charge in [0.25, 0.3) is 0 Å². The maximum atomic E-state index is 12.5. The lowest BCUT2D eigenvalue weighted by molar-refractivity contribution is 0.0144. The van der Waals surface area contributed by atoms with Gasteiger partial charge in [-0.25, -0.2) is 14.8 Å². The van der Waals surface area contributed by atoms with Crippen LogP contribution in [0.15, 0.2) is 28.9 Å². The van der Waals surface area contributed by atoms with Gasteiger partial charge in [0, 0.05) is 30.0 Å². The highest BCUT2D eigenvalue weighted by molar-refractivity contribution is 6.31. The molecule has 0 radical (unpaired) electrons. The lowest BCUT2D eigenvalue weighted by Crippen LogP contribution is -2.61. The molecule has 0 spiro atoms. The zero-order valence-electron chi connectivity index (χ0n) is 16.4. The van der Waals surface area contributed by atoms with Crippen LogP contribution < -0.4 is 4.90 Å². The molecule has 2 aromatic heterocycles. The standard InChI is InChI=1S/C20H23ClN4O3/c1-5-25(19(26)28-20(2,3)4)13-9-24(10-13)18-17-16(22-11-23-18)14-8-12(21)6-7-15(14)27-17/h6-8,11,13H,5,9-10H2,1-4H3. The molecule has 0 atom stereocenters. The monoisotopic (exact) mass is 402 g/mol. The Labute approximate surface area is 168 Å². The molecule has 8 heteroatoms. The molecule has 1 aliphatic heterocycles. The number of halogens is 1. The van der Waals surface area contributed by atoms with E-state index in [1.54, 1.807) is 11.0 Å². The van der Waals surface area contributed by atoms with Gasteiger partial charge in [-0.05, 0) is 45.9 Å². The predicted octanol–water partition coefficient (Wildman–Crippen LogP) is 4.48. The average Bonchev–Trinajstić information content (AvgIpc) is 2.94. The van der Waals surface area contributed by atoms with Crippen LogP contribution in [0.25, 0.3) is 22.1 Å². The molecule has 28 heavy (non-hydrogen) atoms. The number of amides is 1. The molecular weight excluding hydrogens is 380 g/mol. The predicted molar refractivity (Wildman–Crippen MR) is 109 cm³/mol. The summed E-state index contributed by atoms with van der Waals surface area (Å²) >= 11 is 6.12. The van der Waals surface area contributed by atoms with Crippen molar-refractivity contribution in [3.8, 4) is 0 Å². The van der Waals surface area contributed by atoms with E-state index in [0.717, 1.165) is 22.3 Å². The van der Waals surface area contributed by atoms with E-state index < -0.39 is 5.60 Å². The molecule has 1 amide bonds. The second-order valence-electron chi connectivity index (χ2n) is 7.94. The number of furan rings is 1. The highest BCUT2D eigenvalue weighted by Gasteiger charge is 2.37. The fourth-order valence-electron chi connectivity index (χ4n) is 3.44. The van der Waals surface area contributed by atoms with Gasteiger partial charge < -0.3 is 19.0 Å². The molecule has 4 rings (SSSR count). The van der Waals surface area contributed by atoms with Crippen molar-refractivity contribution >= 4 is 45.6 Å². The Morgan fingerprint density at radius 3 is 2.79 bits per heavy atom. The summed E-state index contributed by atoms with van der Waals surface area (Å²) in [5.41, 5.74) is 1.59. The van der Waals surface area contributed by atoms with Gasteiger partial charge in [-0.15, -0.1) is 0 Å². The molecule has 1 saturated heterocycles. The Morgan fingerprint density at radius 2 is 2.11 bits per heavy atom. The van der Waals surface area contributed by atoms with Gasteiger partial charge in [-0.3, -0.25) is 0 Å².